The first-order valence-corrected chi connectivity index (χ1v) is 9.08. The number of hydrogen-bond acceptors (Lipinski definition) is 3. The summed E-state index contributed by atoms with van der Waals surface area (Å²) in [5, 5.41) is 6.16. The number of rotatable bonds is 5. The summed E-state index contributed by atoms with van der Waals surface area (Å²) in [4.78, 5) is 23.8. The van der Waals surface area contributed by atoms with Gasteiger partial charge in [0.1, 0.15) is 0 Å². The van der Waals surface area contributed by atoms with E-state index in [4.69, 9.17) is 16.3 Å². The molecule has 5 nitrogen and oxygen atoms in total. The summed E-state index contributed by atoms with van der Waals surface area (Å²) in [7, 11) is 0. The monoisotopic (exact) mass is 370 g/mol. The highest BCUT2D eigenvalue weighted by Crippen LogP contribution is 2.41. The van der Waals surface area contributed by atoms with Crippen molar-refractivity contribution in [2.24, 2.45) is 0 Å². The van der Waals surface area contributed by atoms with Crippen molar-refractivity contribution in [3.63, 3.8) is 0 Å². The van der Waals surface area contributed by atoms with E-state index in [1.165, 1.54) is 18.4 Å². The smallest absolute Gasteiger partial charge is 0.408 e. The van der Waals surface area contributed by atoms with Crippen molar-refractivity contribution in [3.8, 4) is 0 Å². The molecule has 0 spiro atoms. The van der Waals surface area contributed by atoms with Crippen LogP contribution in [0.3, 0.4) is 0 Å². The van der Waals surface area contributed by atoms with Crippen molar-refractivity contribution in [2.45, 2.75) is 30.9 Å². The van der Waals surface area contributed by atoms with Crippen LogP contribution in [-0.2, 0) is 9.53 Å². The zero-order valence-corrected chi connectivity index (χ0v) is 14.8. The highest BCUT2D eigenvalue weighted by atomic mass is 35.5. The standard InChI is InChI=1S/C20H19ClN2O3/c21-16-8-6-13(7-9-16)18(23-19(24)17-11-22-20(25)26-17)15-3-1-2-14(10-15)12-4-5-12/h1-3,6-10,12,17-18H,4-5,11H2,(H,22,25)(H,23,24)/t17?,18-/m1/s1. The maximum Gasteiger partial charge on any atom is 0.408 e. The van der Waals surface area contributed by atoms with Crippen molar-refractivity contribution in [3.05, 3.63) is 70.2 Å². The molecule has 1 saturated carbocycles. The summed E-state index contributed by atoms with van der Waals surface area (Å²) in [6, 6.07) is 15.4. The first kappa shape index (κ1) is 16.9. The molecule has 1 saturated heterocycles. The summed E-state index contributed by atoms with van der Waals surface area (Å²) in [6.45, 7) is 0.181. The first-order valence-electron chi connectivity index (χ1n) is 8.70. The van der Waals surface area contributed by atoms with Gasteiger partial charge in [-0.2, -0.15) is 0 Å². The number of hydrogen-bond donors (Lipinski definition) is 2. The fraction of sp³-hybridized carbons (Fsp3) is 0.300. The van der Waals surface area contributed by atoms with E-state index >= 15 is 0 Å². The van der Waals surface area contributed by atoms with Gasteiger partial charge in [0, 0.05) is 5.02 Å². The van der Waals surface area contributed by atoms with Crippen molar-refractivity contribution in [1.29, 1.82) is 0 Å². The van der Waals surface area contributed by atoms with E-state index in [-0.39, 0.29) is 18.5 Å². The number of benzene rings is 2. The lowest BCUT2D eigenvalue weighted by atomic mass is 9.95. The molecule has 134 valence electrons. The van der Waals surface area contributed by atoms with Crippen LogP contribution in [0, 0.1) is 0 Å². The SMILES string of the molecule is O=C1NCC(C(=O)N[C@H](c2ccc(Cl)cc2)c2cccc(C3CC3)c2)O1. The predicted molar refractivity (Wildman–Crippen MR) is 98.1 cm³/mol. The van der Waals surface area contributed by atoms with Crippen molar-refractivity contribution in [1.82, 2.24) is 10.6 Å². The Hall–Kier alpha value is -2.53. The van der Waals surface area contributed by atoms with E-state index < -0.39 is 12.2 Å². The number of alkyl carbamates (subject to hydrolysis) is 1. The number of carbonyl (C=O) groups excluding carboxylic acids is 2. The topological polar surface area (TPSA) is 67.4 Å². The maximum atomic E-state index is 12.6. The molecule has 1 aliphatic carbocycles. The second-order valence-corrected chi connectivity index (χ2v) is 7.15. The van der Waals surface area contributed by atoms with Crippen LogP contribution in [0.4, 0.5) is 4.79 Å². The maximum absolute atomic E-state index is 12.6. The Morgan fingerprint density at radius 3 is 2.58 bits per heavy atom. The summed E-state index contributed by atoms with van der Waals surface area (Å²) < 4.78 is 5.00. The number of amides is 2. The molecule has 26 heavy (non-hydrogen) atoms. The average Bonchev–Trinajstić information content (AvgIpc) is 3.41. The summed E-state index contributed by atoms with van der Waals surface area (Å²) in [6.07, 6.45) is 1.05. The number of cyclic esters (lactones) is 1. The fourth-order valence-electron chi connectivity index (χ4n) is 3.19. The quantitative estimate of drug-likeness (QED) is 0.846. The van der Waals surface area contributed by atoms with E-state index in [2.05, 4.69) is 22.8 Å². The number of halogens is 1. The van der Waals surface area contributed by atoms with Gasteiger partial charge >= 0.3 is 6.09 Å². The zero-order valence-electron chi connectivity index (χ0n) is 14.1. The molecule has 2 fully saturated rings. The van der Waals surface area contributed by atoms with Gasteiger partial charge in [0.15, 0.2) is 6.10 Å². The summed E-state index contributed by atoms with van der Waals surface area (Å²) in [5.74, 6) is 0.302. The molecule has 2 aliphatic rings. The van der Waals surface area contributed by atoms with Gasteiger partial charge in [0.25, 0.3) is 5.91 Å². The van der Waals surface area contributed by atoms with Crippen LogP contribution in [0.2, 0.25) is 5.02 Å². The third-order valence-electron chi connectivity index (χ3n) is 4.76. The van der Waals surface area contributed by atoms with E-state index in [1.54, 1.807) is 12.1 Å². The van der Waals surface area contributed by atoms with Gasteiger partial charge in [-0.05, 0) is 47.6 Å². The van der Waals surface area contributed by atoms with E-state index in [9.17, 15) is 9.59 Å². The highest BCUT2D eigenvalue weighted by Gasteiger charge is 2.32. The molecular weight excluding hydrogens is 352 g/mol. The van der Waals surface area contributed by atoms with Crippen molar-refractivity contribution in [2.75, 3.05) is 6.54 Å². The molecule has 2 atom stereocenters. The minimum atomic E-state index is -0.816. The second-order valence-electron chi connectivity index (χ2n) is 6.71. The van der Waals surface area contributed by atoms with Crippen LogP contribution >= 0.6 is 11.6 Å². The molecule has 2 amide bonds. The Kier molecular flexibility index (Phi) is 4.55. The Balaban J connectivity index is 1.63. The Morgan fingerprint density at radius 1 is 1.15 bits per heavy atom. The average molecular weight is 371 g/mol. The van der Waals surface area contributed by atoms with Gasteiger partial charge in [0.05, 0.1) is 12.6 Å². The van der Waals surface area contributed by atoms with Gasteiger partial charge in [-0.25, -0.2) is 4.79 Å². The third kappa shape index (κ3) is 3.68. The van der Waals surface area contributed by atoms with Gasteiger partial charge in [-0.15, -0.1) is 0 Å². The van der Waals surface area contributed by atoms with Gasteiger partial charge in [-0.3, -0.25) is 4.79 Å². The van der Waals surface area contributed by atoms with Crippen LogP contribution in [0.15, 0.2) is 48.5 Å². The minimum Gasteiger partial charge on any atom is -0.434 e. The lowest BCUT2D eigenvalue weighted by Crippen LogP contribution is -2.39. The Bertz CT molecular complexity index is 833. The highest BCUT2D eigenvalue weighted by molar-refractivity contribution is 6.30. The molecule has 1 unspecified atom stereocenters. The van der Waals surface area contributed by atoms with Crippen LogP contribution < -0.4 is 10.6 Å². The third-order valence-corrected chi connectivity index (χ3v) is 5.01. The first-order chi connectivity index (χ1) is 12.6. The molecule has 1 aliphatic heterocycles. The van der Waals surface area contributed by atoms with Crippen molar-refractivity contribution >= 4 is 23.6 Å². The molecule has 2 aromatic carbocycles. The van der Waals surface area contributed by atoms with Crippen LogP contribution in [0.1, 0.15) is 41.5 Å². The molecular formula is C20H19ClN2O3. The lowest BCUT2D eigenvalue weighted by Gasteiger charge is -2.22. The zero-order chi connectivity index (χ0) is 18.1. The molecule has 4 rings (SSSR count). The van der Waals surface area contributed by atoms with Gasteiger partial charge < -0.3 is 15.4 Å². The molecule has 2 aromatic rings. The van der Waals surface area contributed by atoms with E-state index in [0.717, 1.165) is 11.1 Å². The normalized spacial score (nSPS) is 20.2. The van der Waals surface area contributed by atoms with E-state index in [1.807, 2.05) is 24.3 Å². The molecule has 0 radical (unpaired) electrons. The summed E-state index contributed by atoms with van der Waals surface area (Å²) in [5.41, 5.74) is 3.22. The van der Waals surface area contributed by atoms with Gasteiger partial charge in [0.2, 0.25) is 0 Å². The van der Waals surface area contributed by atoms with Gasteiger partial charge in [-0.1, -0.05) is 48.0 Å². The molecule has 6 heteroatoms. The molecule has 0 aromatic heterocycles. The van der Waals surface area contributed by atoms with Crippen LogP contribution in [0.25, 0.3) is 0 Å². The second kappa shape index (κ2) is 7.00. The fourth-order valence-corrected chi connectivity index (χ4v) is 3.32. The summed E-state index contributed by atoms with van der Waals surface area (Å²) >= 11 is 6.01. The van der Waals surface area contributed by atoms with Crippen LogP contribution in [0.5, 0.6) is 0 Å². The Labute approximate surface area is 156 Å². The predicted octanol–water partition coefficient (Wildman–Crippen LogP) is 3.53. The number of carbonyl (C=O) groups is 2. The number of ether oxygens (including phenoxy) is 1. The molecule has 0 bridgehead atoms. The van der Waals surface area contributed by atoms with E-state index in [0.29, 0.717) is 10.9 Å². The Morgan fingerprint density at radius 2 is 1.92 bits per heavy atom. The molecule has 1 heterocycles. The molecule has 2 N–H and O–H groups in total. The number of nitrogens with one attached hydrogen (secondary N) is 2. The van der Waals surface area contributed by atoms with Crippen LogP contribution in [-0.4, -0.2) is 24.6 Å². The largest absolute Gasteiger partial charge is 0.434 e. The van der Waals surface area contributed by atoms with Crippen molar-refractivity contribution < 1.29 is 14.3 Å². The lowest BCUT2D eigenvalue weighted by molar-refractivity contribution is -0.128. The minimum absolute atomic E-state index is 0.181.